The molecule has 1 aliphatic heterocycles. The number of tetrazole rings is 1. The van der Waals surface area contributed by atoms with Crippen molar-refractivity contribution in [3.63, 3.8) is 0 Å². The smallest absolute Gasteiger partial charge is 0.173 e. The van der Waals surface area contributed by atoms with Crippen molar-refractivity contribution in [2.24, 2.45) is 0 Å². The molecule has 2 aliphatic rings. The highest BCUT2D eigenvalue weighted by Crippen LogP contribution is 2.35. The molecule has 0 amide bonds. The first-order valence-electron chi connectivity index (χ1n) is 10.6. The summed E-state index contributed by atoms with van der Waals surface area (Å²) in [5.74, 6) is 0.957. The highest BCUT2D eigenvalue weighted by Gasteiger charge is 2.32. The molecule has 150 valence electrons. The molecule has 0 saturated heterocycles. The Morgan fingerprint density at radius 3 is 2.48 bits per heavy atom. The van der Waals surface area contributed by atoms with Crippen LogP contribution in [0.4, 0.5) is 0 Å². The molecule has 1 saturated carbocycles. The molecule has 0 radical (unpaired) electrons. The fourth-order valence-electron chi connectivity index (χ4n) is 4.87. The van der Waals surface area contributed by atoms with E-state index in [0.29, 0.717) is 6.04 Å². The molecular weight excluding hydrogens is 382 g/mol. The number of aromatic nitrogens is 4. The molecule has 5 rings (SSSR count). The number of rotatable bonds is 4. The van der Waals surface area contributed by atoms with Gasteiger partial charge in [-0.25, -0.2) is 4.68 Å². The minimum absolute atomic E-state index is 0.0255. The summed E-state index contributed by atoms with van der Waals surface area (Å²) in [7, 11) is 0. The zero-order valence-electron chi connectivity index (χ0n) is 16.5. The van der Waals surface area contributed by atoms with Crippen LogP contribution in [0.5, 0.6) is 0 Å². The molecule has 3 aromatic rings. The minimum atomic E-state index is 0.0255. The normalized spacial score (nSPS) is 19.1. The van der Waals surface area contributed by atoms with Crippen LogP contribution in [0, 0.1) is 0 Å². The second-order valence-electron chi connectivity index (χ2n) is 8.22. The second kappa shape index (κ2) is 8.25. The van der Waals surface area contributed by atoms with Crippen molar-refractivity contribution >= 4 is 11.6 Å². The van der Waals surface area contributed by atoms with Crippen LogP contribution in [0.25, 0.3) is 0 Å². The monoisotopic (exact) mass is 407 g/mol. The van der Waals surface area contributed by atoms with Crippen LogP contribution >= 0.6 is 11.6 Å². The maximum atomic E-state index is 6.19. The standard InChI is InChI=1S/C23H26ClN5/c24-20-12-10-18(11-13-20)22(28-15-14-17-6-4-5-7-19(17)16-28)23-25-26-27-29(23)21-8-2-1-3-9-21/h4-7,10-13,21-22H,1-3,8-9,14-16H2. The highest BCUT2D eigenvalue weighted by atomic mass is 35.5. The Morgan fingerprint density at radius 1 is 0.931 bits per heavy atom. The van der Waals surface area contributed by atoms with Gasteiger partial charge in [-0.05, 0) is 58.5 Å². The van der Waals surface area contributed by atoms with Crippen LogP contribution in [-0.4, -0.2) is 31.7 Å². The summed E-state index contributed by atoms with van der Waals surface area (Å²) in [4.78, 5) is 2.51. The van der Waals surface area contributed by atoms with Gasteiger partial charge in [-0.2, -0.15) is 0 Å². The molecule has 0 bridgehead atoms. The molecule has 1 unspecified atom stereocenters. The van der Waals surface area contributed by atoms with Crippen molar-refractivity contribution in [2.45, 2.75) is 57.2 Å². The van der Waals surface area contributed by atoms with Crippen molar-refractivity contribution in [3.8, 4) is 0 Å². The van der Waals surface area contributed by atoms with Crippen molar-refractivity contribution < 1.29 is 0 Å². The summed E-state index contributed by atoms with van der Waals surface area (Å²) in [6, 6.07) is 17.4. The minimum Gasteiger partial charge on any atom is -0.285 e. The van der Waals surface area contributed by atoms with E-state index in [0.717, 1.165) is 43.2 Å². The Hall–Kier alpha value is -2.24. The third-order valence-corrected chi connectivity index (χ3v) is 6.65. The molecule has 5 nitrogen and oxygen atoms in total. The molecule has 0 spiro atoms. The Balaban J connectivity index is 1.54. The van der Waals surface area contributed by atoms with E-state index in [2.05, 4.69) is 61.5 Å². The van der Waals surface area contributed by atoms with Gasteiger partial charge in [0.15, 0.2) is 5.82 Å². The Labute approximate surface area is 176 Å². The zero-order chi connectivity index (χ0) is 19.6. The highest BCUT2D eigenvalue weighted by molar-refractivity contribution is 6.30. The zero-order valence-corrected chi connectivity index (χ0v) is 17.3. The topological polar surface area (TPSA) is 46.8 Å². The first-order chi connectivity index (χ1) is 14.3. The largest absolute Gasteiger partial charge is 0.285 e. The van der Waals surface area contributed by atoms with Crippen LogP contribution < -0.4 is 0 Å². The molecule has 1 fully saturated rings. The summed E-state index contributed by atoms with van der Waals surface area (Å²) in [5, 5.41) is 13.9. The van der Waals surface area contributed by atoms with Crippen LogP contribution in [0.3, 0.4) is 0 Å². The van der Waals surface area contributed by atoms with Gasteiger partial charge in [-0.15, -0.1) is 5.10 Å². The van der Waals surface area contributed by atoms with E-state index in [1.807, 2.05) is 12.1 Å². The molecule has 2 aromatic carbocycles. The number of hydrogen-bond acceptors (Lipinski definition) is 4. The van der Waals surface area contributed by atoms with E-state index < -0.39 is 0 Å². The first kappa shape index (κ1) is 18.8. The summed E-state index contributed by atoms with van der Waals surface area (Å²) < 4.78 is 2.11. The Morgan fingerprint density at radius 2 is 1.69 bits per heavy atom. The third-order valence-electron chi connectivity index (χ3n) is 6.39. The average molecular weight is 408 g/mol. The molecule has 29 heavy (non-hydrogen) atoms. The van der Waals surface area contributed by atoms with Gasteiger partial charge < -0.3 is 0 Å². The number of fused-ring (bicyclic) bond motifs is 1. The van der Waals surface area contributed by atoms with Gasteiger partial charge >= 0.3 is 0 Å². The Bertz CT molecular complexity index is 961. The molecule has 0 N–H and O–H groups in total. The lowest BCUT2D eigenvalue weighted by molar-refractivity contribution is 0.188. The van der Waals surface area contributed by atoms with Crippen molar-refractivity contribution in [1.82, 2.24) is 25.1 Å². The number of halogens is 1. The SMILES string of the molecule is Clc1ccc(C(c2nnnn2C2CCCCC2)N2CCc3ccccc3C2)cc1. The number of hydrogen-bond donors (Lipinski definition) is 0. The molecule has 6 heteroatoms. The molecule has 1 aliphatic carbocycles. The van der Waals surface area contributed by atoms with E-state index in [-0.39, 0.29) is 6.04 Å². The van der Waals surface area contributed by atoms with Crippen molar-refractivity contribution in [3.05, 3.63) is 76.1 Å². The van der Waals surface area contributed by atoms with Crippen LogP contribution in [0.2, 0.25) is 5.02 Å². The second-order valence-corrected chi connectivity index (χ2v) is 8.65. The average Bonchev–Trinajstić information content (AvgIpc) is 3.25. The maximum absolute atomic E-state index is 6.19. The van der Waals surface area contributed by atoms with E-state index in [1.165, 1.54) is 36.0 Å². The predicted octanol–water partition coefficient (Wildman–Crippen LogP) is 4.98. The van der Waals surface area contributed by atoms with E-state index in [9.17, 15) is 0 Å². The van der Waals surface area contributed by atoms with E-state index >= 15 is 0 Å². The van der Waals surface area contributed by atoms with Gasteiger partial charge in [-0.1, -0.05) is 67.3 Å². The lowest BCUT2D eigenvalue weighted by atomic mass is 9.94. The van der Waals surface area contributed by atoms with Crippen LogP contribution in [-0.2, 0) is 13.0 Å². The molecule has 1 atom stereocenters. The molecular formula is C23H26ClN5. The third kappa shape index (κ3) is 3.81. The van der Waals surface area contributed by atoms with Gasteiger partial charge in [0.1, 0.15) is 0 Å². The van der Waals surface area contributed by atoms with Crippen LogP contribution in [0.15, 0.2) is 48.5 Å². The summed E-state index contributed by atoms with van der Waals surface area (Å²) in [6.07, 6.45) is 7.20. The van der Waals surface area contributed by atoms with Gasteiger partial charge in [-0.3, -0.25) is 4.90 Å². The van der Waals surface area contributed by atoms with Crippen molar-refractivity contribution in [2.75, 3.05) is 6.54 Å². The fourth-order valence-corrected chi connectivity index (χ4v) is 5.00. The summed E-state index contributed by atoms with van der Waals surface area (Å²) in [6.45, 7) is 1.89. The van der Waals surface area contributed by atoms with E-state index in [1.54, 1.807) is 0 Å². The lowest BCUT2D eigenvalue weighted by Crippen LogP contribution is -2.36. The van der Waals surface area contributed by atoms with Gasteiger partial charge in [0.25, 0.3) is 0 Å². The number of nitrogens with zero attached hydrogens (tertiary/aromatic N) is 5. The maximum Gasteiger partial charge on any atom is 0.173 e. The molecule has 1 aromatic heterocycles. The molecule has 2 heterocycles. The Kier molecular flexibility index (Phi) is 5.34. The predicted molar refractivity (Wildman–Crippen MR) is 114 cm³/mol. The van der Waals surface area contributed by atoms with Gasteiger partial charge in [0.2, 0.25) is 0 Å². The van der Waals surface area contributed by atoms with E-state index in [4.69, 9.17) is 11.6 Å². The van der Waals surface area contributed by atoms with Crippen molar-refractivity contribution in [1.29, 1.82) is 0 Å². The fraction of sp³-hybridized carbons (Fsp3) is 0.435. The van der Waals surface area contributed by atoms with Gasteiger partial charge in [0.05, 0.1) is 12.1 Å². The first-order valence-corrected chi connectivity index (χ1v) is 11.0. The lowest BCUT2D eigenvalue weighted by Gasteiger charge is -2.36. The van der Waals surface area contributed by atoms with Gasteiger partial charge in [0, 0.05) is 18.1 Å². The summed E-state index contributed by atoms with van der Waals surface area (Å²) >= 11 is 6.19. The van der Waals surface area contributed by atoms with Crippen LogP contribution in [0.1, 0.15) is 66.7 Å². The quantitative estimate of drug-likeness (QED) is 0.612. The number of benzene rings is 2. The summed E-state index contributed by atoms with van der Waals surface area (Å²) in [5.41, 5.74) is 4.04.